The summed E-state index contributed by atoms with van der Waals surface area (Å²) in [5.41, 5.74) is 2.20. The van der Waals surface area contributed by atoms with Gasteiger partial charge in [0.2, 0.25) is 53.5 Å². The molecule has 1 aromatic carbocycles. The van der Waals surface area contributed by atoms with E-state index in [1.54, 1.807) is 26.5 Å². The molecular weight excluding hydrogens is 1080 g/mol. The molecule has 0 bridgehead atoms. The number of aryl methyl sites for hydroxylation is 1. The van der Waals surface area contributed by atoms with Crippen LogP contribution in [0.4, 0.5) is 5.69 Å². The van der Waals surface area contributed by atoms with Gasteiger partial charge in [-0.1, -0.05) is 38.5 Å². The van der Waals surface area contributed by atoms with Gasteiger partial charge < -0.3 is 61.6 Å². The molecule has 82 heavy (non-hydrogen) atoms. The van der Waals surface area contributed by atoms with E-state index in [1.807, 2.05) is 30.0 Å². The number of nitrogens with zero attached hydrogens (tertiary/aromatic N) is 6. The highest BCUT2D eigenvalue weighted by atomic mass is 16.7. The third-order valence-corrected chi connectivity index (χ3v) is 15.4. The molecule has 5 aliphatic heterocycles. The number of anilines is 1. The maximum Gasteiger partial charge on any atom is 0.317 e. The van der Waals surface area contributed by atoms with Crippen molar-refractivity contribution >= 4 is 76.8 Å². The molecule has 29 nitrogen and oxygen atoms in total. The summed E-state index contributed by atoms with van der Waals surface area (Å²) in [5.74, 6) is -8.36. The number of ether oxygens (including phenoxy) is 2. The number of nitrogens with one attached hydrogen (secondary N) is 6. The second-order valence-corrected chi connectivity index (χ2v) is 21.3. The van der Waals surface area contributed by atoms with E-state index >= 15 is 0 Å². The molecule has 7 atom stereocenters. The minimum absolute atomic E-state index is 0.0289. The van der Waals surface area contributed by atoms with Crippen LogP contribution in [0.25, 0.3) is 0 Å². The van der Waals surface area contributed by atoms with E-state index in [2.05, 4.69) is 31.9 Å². The van der Waals surface area contributed by atoms with Crippen molar-refractivity contribution < 1.29 is 82.3 Å². The molecule has 6 rings (SSSR count). The lowest BCUT2D eigenvalue weighted by Crippen LogP contribution is -2.59. The fraction of sp³-hybridized carbons (Fsp3) is 0.660. The van der Waals surface area contributed by atoms with Crippen LogP contribution in [-0.2, 0) is 79.8 Å². The van der Waals surface area contributed by atoms with Crippen LogP contribution in [0.3, 0.4) is 0 Å². The van der Waals surface area contributed by atoms with Crippen LogP contribution < -0.4 is 36.8 Å². The zero-order chi connectivity index (χ0) is 59.6. The summed E-state index contributed by atoms with van der Waals surface area (Å²) in [7, 11) is 1.35. The summed E-state index contributed by atoms with van der Waals surface area (Å²) in [5, 5.41) is 44.2. The Hall–Kier alpha value is -7.34. The van der Waals surface area contributed by atoms with Gasteiger partial charge in [0, 0.05) is 111 Å². The number of hydrogen-bond donors (Lipinski definition) is 9. The largest absolute Gasteiger partial charge is 0.481 e. The van der Waals surface area contributed by atoms with E-state index in [0.717, 1.165) is 11.1 Å². The number of esters is 1. The maximum absolute atomic E-state index is 14.4. The highest BCUT2D eigenvalue weighted by Crippen LogP contribution is 2.39. The van der Waals surface area contributed by atoms with Crippen molar-refractivity contribution in [2.75, 3.05) is 117 Å². The van der Waals surface area contributed by atoms with Gasteiger partial charge >= 0.3 is 23.9 Å². The highest BCUT2D eigenvalue weighted by Gasteiger charge is 2.46. The van der Waals surface area contributed by atoms with Crippen molar-refractivity contribution in [2.45, 2.75) is 108 Å². The normalized spacial score (nSPS) is 21.9. The van der Waals surface area contributed by atoms with Gasteiger partial charge in [-0.15, -0.1) is 0 Å². The smallest absolute Gasteiger partial charge is 0.317 e. The molecule has 0 unspecified atom stereocenters. The van der Waals surface area contributed by atoms with Crippen molar-refractivity contribution in [1.82, 2.24) is 56.4 Å². The zero-order valence-corrected chi connectivity index (χ0v) is 46.7. The lowest BCUT2D eigenvalue weighted by atomic mass is 9.97. The summed E-state index contributed by atoms with van der Waals surface area (Å²) in [6.07, 6.45) is -0.956. The quantitative estimate of drug-likeness (QED) is 0.0378. The first-order chi connectivity index (χ1) is 39.1. The number of aliphatic carboxylic acids is 3. The fourth-order valence-electron chi connectivity index (χ4n) is 10.6. The van der Waals surface area contributed by atoms with Crippen molar-refractivity contribution in [1.29, 1.82) is 0 Å². The first kappa shape index (κ1) is 63.8. The maximum atomic E-state index is 14.4. The molecule has 0 aliphatic carbocycles. The number of carbonyl (C=O) groups excluding carboxylic acids is 9. The molecule has 8 amide bonds. The Bertz CT molecular complexity index is 2500. The van der Waals surface area contributed by atoms with Crippen molar-refractivity contribution in [3.05, 3.63) is 29.3 Å². The van der Waals surface area contributed by atoms with Gasteiger partial charge in [-0.05, 0) is 36.3 Å². The van der Waals surface area contributed by atoms with Crippen LogP contribution in [0, 0.1) is 5.92 Å². The average molecular weight is 1160 g/mol. The molecule has 0 saturated carbocycles. The summed E-state index contributed by atoms with van der Waals surface area (Å²) in [6, 6.07) is 0.404. The van der Waals surface area contributed by atoms with Gasteiger partial charge in [0.15, 0.2) is 0 Å². The van der Waals surface area contributed by atoms with E-state index in [0.29, 0.717) is 70.9 Å². The first-order valence-electron chi connectivity index (χ1n) is 27.8. The second kappa shape index (κ2) is 30.6. The number of hydrogen-bond acceptors (Lipinski definition) is 18. The minimum atomic E-state index is -1.25. The zero-order valence-electron chi connectivity index (χ0n) is 46.7. The third kappa shape index (κ3) is 18.6. The highest BCUT2D eigenvalue weighted by molar-refractivity contribution is 6.08. The summed E-state index contributed by atoms with van der Waals surface area (Å²) in [4.78, 5) is 164. The Balaban J connectivity index is 0.917. The van der Waals surface area contributed by atoms with Gasteiger partial charge in [-0.3, -0.25) is 82.0 Å². The number of rotatable bonds is 27. The van der Waals surface area contributed by atoms with E-state index < -0.39 is 108 Å². The lowest BCUT2D eigenvalue weighted by molar-refractivity contribution is -0.160. The van der Waals surface area contributed by atoms with E-state index in [9.17, 15) is 72.9 Å². The Labute approximate surface area is 474 Å². The second-order valence-electron chi connectivity index (χ2n) is 21.3. The Morgan fingerprint density at radius 3 is 1.87 bits per heavy atom. The summed E-state index contributed by atoms with van der Waals surface area (Å²) in [6.45, 7) is 6.18. The molecule has 5 aliphatic rings. The molecule has 9 N–H and O–H groups in total. The molecule has 3 fully saturated rings. The fourth-order valence-corrected chi connectivity index (χ4v) is 10.6. The predicted octanol–water partition coefficient (Wildman–Crippen LogP) is -4.09. The van der Waals surface area contributed by atoms with Gasteiger partial charge in [0.1, 0.15) is 30.2 Å². The lowest BCUT2D eigenvalue weighted by Gasteiger charge is -2.36. The number of para-hydroxylation sites is 1. The first-order valence-corrected chi connectivity index (χ1v) is 27.8. The number of methoxy groups -OCH3 is 1. The van der Waals surface area contributed by atoms with Crippen molar-refractivity contribution in [2.24, 2.45) is 5.92 Å². The van der Waals surface area contributed by atoms with Gasteiger partial charge in [-0.25, -0.2) is 0 Å². The van der Waals surface area contributed by atoms with Crippen LogP contribution in [0.1, 0.15) is 69.9 Å². The Kier molecular flexibility index (Phi) is 23.9. The average Bonchev–Trinajstić information content (AvgIpc) is 2.83. The molecular formula is C53H78N12O17. The standard InChI is InChI=1S/C53H78N12O17/c1-4-32(2)47(51(79)57-36-9-8-33-6-5-7-34-26-38(65(48(33)34)52(36)80)50(78)58-37-27-46(76)82-53(37)81-3)59-40(67)13-14-54-39(66)12-15-55-49(77)35(10-11-43(70)71)56-41(68)28-60-22-24-64(25-23-60)42(69)29-61-16-18-62(30-44(72)73)20-21-63(19-17-61)31-45(74)75/h5-7,32,35-38,47,53H,4,8-31H2,1-3H3,(H,54,66)(H,55,77)(H,56,68)(H,57,79)(H,58,78)(H,59,67)(H,70,71)(H,72,73)(H,74,75)/t32-,35+,36-,37-,38-,47-,53+/m0/s1. The minimum Gasteiger partial charge on any atom is -0.481 e. The summed E-state index contributed by atoms with van der Waals surface area (Å²) >= 11 is 0. The summed E-state index contributed by atoms with van der Waals surface area (Å²) < 4.78 is 10.3. The van der Waals surface area contributed by atoms with Crippen LogP contribution in [0.2, 0.25) is 0 Å². The number of carboxylic acid groups (broad SMARTS) is 3. The number of piperazine rings is 1. The number of benzene rings is 1. The van der Waals surface area contributed by atoms with Gasteiger partial charge in [0.05, 0.1) is 38.3 Å². The van der Waals surface area contributed by atoms with E-state index in [1.165, 1.54) is 12.0 Å². The van der Waals surface area contributed by atoms with Gasteiger partial charge in [0.25, 0.3) is 0 Å². The van der Waals surface area contributed by atoms with Crippen LogP contribution in [0.15, 0.2) is 18.2 Å². The molecule has 0 radical (unpaired) electrons. The third-order valence-electron chi connectivity index (χ3n) is 15.4. The van der Waals surface area contributed by atoms with Crippen molar-refractivity contribution in [3.8, 4) is 0 Å². The Morgan fingerprint density at radius 2 is 1.26 bits per heavy atom. The molecule has 452 valence electrons. The van der Waals surface area contributed by atoms with Crippen LogP contribution >= 0.6 is 0 Å². The monoisotopic (exact) mass is 1150 g/mol. The van der Waals surface area contributed by atoms with Gasteiger partial charge in [-0.2, -0.15) is 0 Å². The molecule has 1 aromatic rings. The molecule has 0 aromatic heterocycles. The number of carboxylic acids is 3. The van der Waals surface area contributed by atoms with Crippen LogP contribution in [-0.4, -0.2) is 259 Å². The molecule has 29 heteroatoms. The SMILES string of the molecule is CC[C@H](C)[C@H](NC(=O)CCNC(=O)CCNC(=O)[C@@H](CCC(=O)O)NC(=O)CN1CCN(C(=O)CN2CCN(CC(=O)O)CCN(CC(=O)O)CC2)CC1)C(=O)N[C@H]1CCc2cccc3c2N(C1=O)[C@H](C(=O)N[C@H]1CC(=O)O[C@H]1OC)C3. The number of carbonyl (C=O) groups is 12. The topological polar surface area (TPSA) is 376 Å². The van der Waals surface area contributed by atoms with Crippen molar-refractivity contribution in [3.63, 3.8) is 0 Å². The van der Waals surface area contributed by atoms with Crippen LogP contribution in [0.5, 0.6) is 0 Å². The molecule has 3 saturated heterocycles. The predicted molar refractivity (Wildman–Crippen MR) is 288 cm³/mol. The molecule has 5 heterocycles. The number of cyclic esters (lactones) is 1. The molecule has 0 spiro atoms. The number of amides is 8. The van der Waals surface area contributed by atoms with E-state index in [4.69, 9.17) is 9.47 Å². The Morgan fingerprint density at radius 1 is 0.671 bits per heavy atom. The van der Waals surface area contributed by atoms with E-state index in [-0.39, 0.29) is 103 Å².